The van der Waals surface area contributed by atoms with Crippen molar-refractivity contribution >= 4 is 11.5 Å². The standard InChI is InChI=1S/C26H30FN5O3/c1-4-18(16-28)22(27)15-17(2)24-23(19-5-7-21(8-6-19)35-14-13-33)25(34)31-26(30-24)32-11-9-20(29-3)10-12-32/h4-8,15,20,29,33H,1,9-14H2,2-3H3,(H,30,31,34)/b17-15+,22-18-. The van der Waals surface area contributed by atoms with Crippen molar-refractivity contribution in [2.75, 3.05) is 38.3 Å². The number of halogens is 1. The van der Waals surface area contributed by atoms with Crippen molar-refractivity contribution in [3.05, 3.63) is 70.4 Å². The number of anilines is 1. The van der Waals surface area contributed by atoms with Gasteiger partial charge >= 0.3 is 0 Å². The fraction of sp³-hybridized carbons (Fsp3) is 0.346. The van der Waals surface area contributed by atoms with Crippen molar-refractivity contribution in [2.24, 2.45) is 0 Å². The number of nitrogens with one attached hydrogen (secondary N) is 2. The van der Waals surface area contributed by atoms with Crippen molar-refractivity contribution in [1.82, 2.24) is 15.3 Å². The highest BCUT2D eigenvalue weighted by Crippen LogP contribution is 2.29. The number of nitrogens with zero attached hydrogens (tertiary/aromatic N) is 3. The highest BCUT2D eigenvalue weighted by atomic mass is 19.1. The summed E-state index contributed by atoms with van der Waals surface area (Å²) in [5.74, 6) is 0.216. The Labute approximate surface area is 204 Å². The number of aliphatic hydroxyl groups is 1. The van der Waals surface area contributed by atoms with Crippen LogP contribution in [0.4, 0.5) is 10.3 Å². The topological polar surface area (TPSA) is 114 Å². The van der Waals surface area contributed by atoms with Gasteiger partial charge in [0.15, 0.2) is 0 Å². The maximum absolute atomic E-state index is 14.7. The molecule has 1 aliphatic rings. The van der Waals surface area contributed by atoms with Crippen LogP contribution in [0.5, 0.6) is 5.75 Å². The Morgan fingerprint density at radius 1 is 1.40 bits per heavy atom. The molecule has 2 heterocycles. The number of benzene rings is 1. The van der Waals surface area contributed by atoms with Crippen LogP contribution >= 0.6 is 0 Å². The summed E-state index contributed by atoms with van der Waals surface area (Å²) in [5, 5.41) is 21.4. The van der Waals surface area contributed by atoms with Crippen LogP contribution in [0, 0.1) is 11.3 Å². The minimum absolute atomic E-state index is 0.110. The second-order valence-corrected chi connectivity index (χ2v) is 8.16. The number of aromatic nitrogens is 2. The second-order valence-electron chi connectivity index (χ2n) is 8.16. The van der Waals surface area contributed by atoms with Gasteiger partial charge in [0, 0.05) is 19.1 Å². The average Bonchev–Trinajstić information content (AvgIpc) is 2.88. The number of allylic oxidation sites excluding steroid dienone is 5. The molecule has 0 spiro atoms. The number of hydrogen-bond acceptors (Lipinski definition) is 7. The van der Waals surface area contributed by atoms with Crippen molar-refractivity contribution in [3.8, 4) is 22.9 Å². The zero-order valence-electron chi connectivity index (χ0n) is 20.0. The molecule has 9 heteroatoms. The van der Waals surface area contributed by atoms with Crippen LogP contribution < -0.4 is 20.5 Å². The Balaban J connectivity index is 2.10. The molecule has 1 fully saturated rings. The molecule has 1 aliphatic heterocycles. The molecule has 3 N–H and O–H groups in total. The fourth-order valence-corrected chi connectivity index (χ4v) is 3.96. The highest BCUT2D eigenvalue weighted by molar-refractivity contribution is 5.79. The van der Waals surface area contributed by atoms with Gasteiger partial charge in [-0.25, -0.2) is 9.37 Å². The fourth-order valence-electron chi connectivity index (χ4n) is 3.96. The maximum atomic E-state index is 14.7. The first kappa shape index (κ1) is 25.9. The molecule has 35 heavy (non-hydrogen) atoms. The number of nitriles is 1. The number of H-pyrrole nitrogens is 1. The summed E-state index contributed by atoms with van der Waals surface area (Å²) in [6, 6.07) is 8.99. The summed E-state index contributed by atoms with van der Waals surface area (Å²) < 4.78 is 20.1. The first-order valence-electron chi connectivity index (χ1n) is 11.4. The molecule has 0 bridgehead atoms. The number of hydrogen-bond donors (Lipinski definition) is 3. The Morgan fingerprint density at radius 3 is 2.66 bits per heavy atom. The highest BCUT2D eigenvalue weighted by Gasteiger charge is 2.23. The zero-order valence-corrected chi connectivity index (χ0v) is 20.0. The smallest absolute Gasteiger partial charge is 0.260 e. The van der Waals surface area contributed by atoms with Gasteiger partial charge in [0.1, 0.15) is 24.3 Å². The predicted octanol–water partition coefficient (Wildman–Crippen LogP) is 3.33. The van der Waals surface area contributed by atoms with E-state index >= 15 is 0 Å². The van der Waals surface area contributed by atoms with E-state index in [1.807, 2.05) is 11.9 Å². The van der Waals surface area contributed by atoms with Crippen LogP contribution in [0.25, 0.3) is 16.7 Å². The first-order valence-corrected chi connectivity index (χ1v) is 11.4. The van der Waals surface area contributed by atoms with Gasteiger partial charge in [0.25, 0.3) is 5.56 Å². The molecule has 0 unspecified atom stereocenters. The SMILES string of the molecule is C=C/C(C#N)=C(F)\C=C(/C)c1nc(N2CCC(NC)CC2)[nH]c(=O)c1-c1ccc(OCCO)cc1. The lowest BCUT2D eigenvalue weighted by atomic mass is 10.00. The molecule has 184 valence electrons. The third kappa shape index (κ3) is 6.23. The molecule has 0 aliphatic carbocycles. The van der Waals surface area contributed by atoms with Crippen LogP contribution in [0.2, 0.25) is 0 Å². The predicted molar refractivity (Wildman–Crippen MR) is 135 cm³/mol. The van der Waals surface area contributed by atoms with Gasteiger partial charge in [-0.3, -0.25) is 9.78 Å². The molecular formula is C26H30FN5O3. The lowest BCUT2D eigenvalue weighted by molar-refractivity contribution is 0.201. The van der Waals surface area contributed by atoms with Gasteiger partial charge in [-0.05, 0) is 62.2 Å². The Bertz CT molecular complexity index is 1200. The van der Waals surface area contributed by atoms with Gasteiger partial charge in [0.05, 0.1) is 23.4 Å². The van der Waals surface area contributed by atoms with Gasteiger partial charge in [0.2, 0.25) is 5.95 Å². The van der Waals surface area contributed by atoms with E-state index in [-0.39, 0.29) is 29.9 Å². The summed E-state index contributed by atoms with van der Waals surface area (Å²) in [6.07, 6.45) is 4.16. The van der Waals surface area contributed by atoms with Gasteiger partial charge in [-0.15, -0.1) is 0 Å². The zero-order chi connectivity index (χ0) is 25.4. The third-order valence-electron chi connectivity index (χ3n) is 5.91. The number of aliphatic hydroxyl groups excluding tert-OH is 1. The molecule has 0 amide bonds. The van der Waals surface area contributed by atoms with Crippen LogP contribution in [0.3, 0.4) is 0 Å². The monoisotopic (exact) mass is 479 g/mol. The normalized spacial score (nSPS) is 15.4. The lowest BCUT2D eigenvalue weighted by Crippen LogP contribution is -2.42. The summed E-state index contributed by atoms with van der Waals surface area (Å²) in [7, 11) is 1.93. The van der Waals surface area contributed by atoms with Crippen LogP contribution in [-0.4, -0.2) is 54.5 Å². The summed E-state index contributed by atoms with van der Waals surface area (Å²) >= 11 is 0. The van der Waals surface area contributed by atoms with Gasteiger partial charge < -0.3 is 20.1 Å². The molecule has 1 aromatic carbocycles. The Morgan fingerprint density at radius 2 is 2.09 bits per heavy atom. The molecule has 2 aromatic rings. The first-order chi connectivity index (χ1) is 16.9. The van der Waals surface area contributed by atoms with E-state index in [0.717, 1.165) is 32.0 Å². The molecule has 1 saturated heterocycles. The van der Waals surface area contributed by atoms with Crippen LogP contribution in [-0.2, 0) is 0 Å². The molecule has 0 atom stereocenters. The van der Waals surface area contributed by atoms with Crippen molar-refractivity contribution in [1.29, 1.82) is 5.26 Å². The molecular weight excluding hydrogens is 449 g/mol. The van der Waals surface area contributed by atoms with E-state index in [0.29, 0.717) is 34.6 Å². The van der Waals surface area contributed by atoms with Gasteiger partial charge in [-0.1, -0.05) is 18.7 Å². The van der Waals surface area contributed by atoms with E-state index in [1.54, 1.807) is 37.3 Å². The largest absolute Gasteiger partial charge is 0.491 e. The molecule has 3 rings (SSSR count). The van der Waals surface area contributed by atoms with Crippen molar-refractivity contribution < 1.29 is 14.2 Å². The summed E-state index contributed by atoms with van der Waals surface area (Å²) in [4.78, 5) is 23.0. The second kappa shape index (κ2) is 12.1. The molecule has 8 nitrogen and oxygen atoms in total. The summed E-state index contributed by atoms with van der Waals surface area (Å²) in [5.41, 5.74) is 1.02. The van der Waals surface area contributed by atoms with Crippen molar-refractivity contribution in [3.63, 3.8) is 0 Å². The average molecular weight is 480 g/mol. The molecule has 0 radical (unpaired) electrons. The van der Waals surface area contributed by atoms with Crippen molar-refractivity contribution in [2.45, 2.75) is 25.8 Å². The Hall–Kier alpha value is -3.74. The van der Waals surface area contributed by atoms with E-state index < -0.39 is 5.83 Å². The number of piperidine rings is 1. The quantitative estimate of drug-likeness (QED) is 0.373. The van der Waals surface area contributed by atoms with E-state index in [1.165, 1.54) is 6.08 Å². The lowest BCUT2D eigenvalue weighted by Gasteiger charge is -2.32. The minimum Gasteiger partial charge on any atom is -0.491 e. The molecule has 0 saturated carbocycles. The van der Waals surface area contributed by atoms with Crippen LogP contribution in [0.1, 0.15) is 25.5 Å². The van der Waals surface area contributed by atoms with Crippen LogP contribution in [0.15, 0.2) is 59.2 Å². The number of rotatable bonds is 9. The summed E-state index contributed by atoms with van der Waals surface area (Å²) in [6.45, 7) is 6.61. The van der Waals surface area contributed by atoms with Gasteiger partial charge in [-0.2, -0.15) is 5.26 Å². The molecule has 1 aromatic heterocycles. The number of ether oxygens (including phenoxy) is 1. The number of aromatic amines is 1. The maximum Gasteiger partial charge on any atom is 0.260 e. The van der Waals surface area contributed by atoms with E-state index in [9.17, 15) is 9.18 Å². The Kier molecular flexibility index (Phi) is 8.95. The minimum atomic E-state index is -0.753. The third-order valence-corrected chi connectivity index (χ3v) is 5.91. The van der Waals surface area contributed by atoms with E-state index in [2.05, 4.69) is 16.9 Å². The van der Waals surface area contributed by atoms with E-state index in [4.69, 9.17) is 20.1 Å².